The molecular weight excluding hydrogens is 300 g/mol. The van der Waals surface area contributed by atoms with Gasteiger partial charge in [-0.25, -0.2) is 4.79 Å². The maximum absolute atomic E-state index is 12.6. The van der Waals surface area contributed by atoms with E-state index in [0.29, 0.717) is 5.13 Å². The van der Waals surface area contributed by atoms with Crippen LogP contribution in [0.15, 0.2) is 12.4 Å². The number of aromatic amines is 1. The Morgan fingerprint density at radius 3 is 3.18 bits per heavy atom. The van der Waals surface area contributed by atoms with Crippen LogP contribution in [0.25, 0.3) is 0 Å². The molecule has 3 rings (SSSR count). The topological polar surface area (TPSA) is 86.8 Å². The first-order valence-corrected chi connectivity index (χ1v) is 8.48. The summed E-state index contributed by atoms with van der Waals surface area (Å²) in [5.74, 6) is 0. The predicted molar refractivity (Wildman–Crippen MR) is 84.8 cm³/mol. The maximum Gasteiger partial charge on any atom is 0.324 e. The van der Waals surface area contributed by atoms with Gasteiger partial charge in [0.2, 0.25) is 5.13 Å². The van der Waals surface area contributed by atoms with Crippen LogP contribution in [0.3, 0.4) is 0 Å². The molecule has 0 aromatic carbocycles. The molecule has 1 aliphatic heterocycles. The molecule has 8 heteroatoms. The number of H-pyrrole nitrogens is 1. The van der Waals surface area contributed by atoms with E-state index in [-0.39, 0.29) is 12.1 Å². The van der Waals surface area contributed by atoms with Crippen molar-refractivity contribution in [2.75, 3.05) is 11.9 Å². The number of carbonyl (C=O) groups is 1. The Morgan fingerprint density at radius 2 is 2.41 bits per heavy atom. The van der Waals surface area contributed by atoms with Crippen molar-refractivity contribution < 1.29 is 4.79 Å². The molecule has 3 heterocycles. The molecule has 0 bridgehead atoms. The average Bonchev–Trinajstić information content (AvgIpc) is 3.19. The lowest BCUT2D eigenvalue weighted by atomic mass is 9.98. The lowest BCUT2D eigenvalue weighted by Crippen LogP contribution is -2.41. The number of piperidine rings is 1. The Hall–Kier alpha value is -1.96. The van der Waals surface area contributed by atoms with Crippen molar-refractivity contribution >= 4 is 22.5 Å². The van der Waals surface area contributed by atoms with Crippen LogP contribution >= 0.6 is 11.3 Å². The highest BCUT2D eigenvalue weighted by atomic mass is 32.1. The molecule has 0 aliphatic carbocycles. The Kier molecular flexibility index (Phi) is 4.67. The predicted octanol–water partition coefficient (Wildman–Crippen LogP) is 2.97. The zero-order valence-corrected chi connectivity index (χ0v) is 13.4. The highest BCUT2D eigenvalue weighted by Crippen LogP contribution is 2.31. The van der Waals surface area contributed by atoms with E-state index in [1.165, 1.54) is 11.3 Å². The number of amides is 2. The highest BCUT2D eigenvalue weighted by molar-refractivity contribution is 7.15. The van der Waals surface area contributed by atoms with E-state index in [1.807, 2.05) is 11.1 Å². The molecule has 0 spiro atoms. The Morgan fingerprint density at radius 1 is 1.50 bits per heavy atom. The summed E-state index contributed by atoms with van der Waals surface area (Å²) >= 11 is 1.45. The molecule has 118 valence electrons. The van der Waals surface area contributed by atoms with Gasteiger partial charge >= 0.3 is 6.03 Å². The number of nitrogens with zero attached hydrogens (tertiary/aromatic N) is 4. The molecule has 2 aromatic rings. The molecule has 1 fully saturated rings. The van der Waals surface area contributed by atoms with Crippen LogP contribution in [0.5, 0.6) is 0 Å². The minimum Gasteiger partial charge on any atom is -0.317 e. The summed E-state index contributed by atoms with van der Waals surface area (Å²) in [7, 11) is 0. The number of likely N-dealkylation sites (tertiary alicyclic amines) is 1. The van der Waals surface area contributed by atoms with Gasteiger partial charge in [-0.1, -0.05) is 18.3 Å². The van der Waals surface area contributed by atoms with Crippen molar-refractivity contribution in [2.24, 2.45) is 0 Å². The van der Waals surface area contributed by atoms with Crippen LogP contribution in [0.2, 0.25) is 0 Å². The van der Waals surface area contributed by atoms with Crippen molar-refractivity contribution in [3.63, 3.8) is 0 Å². The maximum atomic E-state index is 12.6. The van der Waals surface area contributed by atoms with Crippen molar-refractivity contribution in [1.82, 2.24) is 25.3 Å². The molecule has 1 aliphatic rings. The van der Waals surface area contributed by atoms with E-state index in [4.69, 9.17) is 0 Å². The van der Waals surface area contributed by atoms with Crippen LogP contribution in [-0.4, -0.2) is 37.9 Å². The van der Waals surface area contributed by atoms with Crippen LogP contribution < -0.4 is 5.32 Å². The number of rotatable bonds is 4. The summed E-state index contributed by atoms with van der Waals surface area (Å²) in [6, 6.07) is -0.0272. The first-order valence-electron chi connectivity index (χ1n) is 7.66. The van der Waals surface area contributed by atoms with Crippen molar-refractivity contribution in [3.8, 4) is 0 Å². The van der Waals surface area contributed by atoms with Crippen LogP contribution in [0.1, 0.15) is 49.2 Å². The normalized spacial score (nSPS) is 18.4. The average molecular weight is 320 g/mol. The third-order valence-corrected chi connectivity index (χ3v) is 4.71. The second-order valence-electron chi connectivity index (χ2n) is 5.42. The van der Waals surface area contributed by atoms with Gasteiger partial charge in [-0.05, 0) is 25.7 Å². The number of carbonyl (C=O) groups excluding carboxylic acids is 1. The van der Waals surface area contributed by atoms with E-state index in [1.54, 1.807) is 6.20 Å². The summed E-state index contributed by atoms with van der Waals surface area (Å²) in [6.07, 6.45) is 8.69. The van der Waals surface area contributed by atoms with Gasteiger partial charge in [-0.3, -0.25) is 10.4 Å². The van der Waals surface area contributed by atoms with Crippen molar-refractivity contribution in [3.05, 3.63) is 23.0 Å². The zero-order valence-electron chi connectivity index (χ0n) is 12.6. The number of nitrogens with one attached hydrogen (secondary N) is 2. The van der Waals surface area contributed by atoms with Crippen LogP contribution in [0.4, 0.5) is 9.93 Å². The van der Waals surface area contributed by atoms with Gasteiger partial charge in [-0.15, -0.1) is 10.2 Å². The molecule has 1 saturated heterocycles. The Bertz CT molecular complexity index is 611. The monoisotopic (exact) mass is 320 g/mol. The van der Waals surface area contributed by atoms with E-state index in [2.05, 4.69) is 32.6 Å². The molecule has 22 heavy (non-hydrogen) atoms. The summed E-state index contributed by atoms with van der Waals surface area (Å²) in [4.78, 5) is 14.4. The molecule has 2 N–H and O–H groups in total. The Labute approximate surface area is 133 Å². The fraction of sp³-hybridized carbons (Fsp3) is 0.571. The van der Waals surface area contributed by atoms with Crippen molar-refractivity contribution in [2.45, 2.75) is 45.1 Å². The molecule has 0 radical (unpaired) electrons. The van der Waals surface area contributed by atoms with Gasteiger partial charge in [0.05, 0.1) is 12.2 Å². The van der Waals surface area contributed by atoms with Gasteiger partial charge in [0, 0.05) is 24.7 Å². The molecule has 2 amide bonds. The lowest BCUT2D eigenvalue weighted by Gasteiger charge is -2.34. The molecule has 0 unspecified atom stereocenters. The second-order valence-corrected chi connectivity index (χ2v) is 6.48. The summed E-state index contributed by atoms with van der Waals surface area (Å²) in [5.41, 5.74) is 1.05. The van der Waals surface area contributed by atoms with Crippen LogP contribution in [0, 0.1) is 0 Å². The first kappa shape index (κ1) is 15.0. The first-order chi connectivity index (χ1) is 10.8. The molecule has 0 saturated carbocycles. The van der Waals surface area contributed by atoms with Crippen LogP contribution in [-0.2, 0) is 6.42 Å². The summed E-state index contributed by atoms with van der Waals surface area (Å²) in [5, 5.41) is 19.4. The highest BCUT2D eigenvalue weighted by Gasteiger charge is 2.29. The van der Waals surface area contributed by atoms with Crippen molar-refractivity contribution in [1.29, 1.82) is 0 Å². The lowest BCUT2D eigenvalue weighted by molar-refractivity contribution is 0.163. The van der Waals surface area contributed by atoms with Gasteiger partial charge in [0.15, 0.2) is 0 Å². The molecule has 1 atom stereocenters. The fourth-order valence-corrected chi connectivity index (χ4v) is 3.58. The third kappa shape index (κ3) is 3.27. The quantitative estimate of drug-likeness (QED) is 0.906. The number of aromatic nitrogens is 4. The standard InChI is InChI=1S/C14H20N6OS/c1-2-5-12-18-19-13(22-12)17-14(21)20-7-4-3-6-11(20)10-8-15-16-9-10/h8-9,11H,2-7H2,1H3,(H,15,16)(H,17,19,21)/t11-/m0/s1. The largest absolute Gasteiger partial charge is 0.324 e. The number of urea groups is 1. The van der Waals surface area contributed by atoms with Gasteiger partial charge in [-0.2, -0.15) is 5.10 Å². The van der Waals surface area contributed by atoms with E-state index in [0.717, 1.165) is 49.2 Å². The third-order valence-electron chi connectivity index (χ3n) is 3.81. The number of aryl methyl sites for hydroxylation is 1. The summed E-state index contributed by atoms with van der Waals surface area (Å²) < 4.78 is 0. The molecule has 2 aromatic heterocycles. The molecular formula is C14H20N6OS. The fourth-order valence-electron chi connectivity index (χ4n) is 2.75. The number of hydrogen-bond acceptors (Lipinski definition) is 5. The smallest absolute Gasteiger partial charge is 0.317 e. The minimum atomic E-state index is -0.106. The molecule has 7 nitrogen and oxygen atoms in total. The minimum absolute atomic E-state index is 0.0792. The van der Waals surface area contributed by atoms with E-state index < -0.39 is 0 Å². The van der Waals surface area contributed by atoms with Gasteiger partial charge < -0.3 is 4.90 Å². The van der Waals surface area contributed by atoms with Gasteiger partial charge in [0.25, 0.3) is 0 Å². The van der Waals surface area contributed by atoms with E-state index in [9.17, 15) is 4.79 Å². The Balaban J connectivity index is 1.69. The SMILES string of the molecule is CCCc1nnc(NC(=O)N2CCCC[C@H]2c2cn[nH]c2)s1. The zero-order chi connectivity index (χ0) is 15.4. The number of hydrogen-bond donors (Lipinski definition) is 2. The number of anilines is 1. The summed E-state index contributed by atoms with van der Waals surface area (Å²) in [6.45, 7) is 2.85. The second kappa shape index (κ2) is 6.87. The van der Waals surface area contributed by atoms with Gasteiger partial charge in [0.1, 0.15) is 5.01 Å². The van der Waals surface area contributed by atoms with E-state index >= 15 is 0 Å².